The summed E-state index contributed by atoms with van der Waals surface area (Å²) < 4.78 is 0. The summed E-state index contributed by atoms with van der Waals surface area (Å²) in [5.74, 6) is 0. The van der Waals surface area contributed by atoms with Crippen LogP contribution in [-0.2, 0) is 6.42 Å². The minimum Gasteiger partial charge on any atom is -0.338 e. The first-order valence-electron chi connectivity index (χ1n) is 6.53. The first-order chi connectivity index (χ1) is 8.74. The molecule has 0 atom stereocenters. The zero-order chi connectivity index (χ0) is 12.8. The van der Waals surface area contributed by atoms with Gasteiger partial charge in [0.1, 0.15) is 0 Å². The Labute approximate surface area is 113 Å². The van der Waals surface area contributed by atoms with Gasteiger partial charge >= 0.3 is 6.03 Å². The lowest BCUT2D eigenvalue weighted by molar-refractivity contribution is 0.237. The summed E-state index contributed by atoms with van der Waals surface area (Å²) >= 11 is 5.81. The Morgan fingerprint density at radius 3 is 2.56 bits per heavy atom. The number of hydrogen-bond acceptors (Lipinski definition) is 1. The van der Waals surface area contributed by atoms with Gasteiger partial charge in [0.15, 0.2) is 0 Å². The van der Waals surface area contributed by atoms with Crippen molar-refractivity contribution in [3.63, 3.8) is 0 Å². The third-order valence-corrected chi connectivity index (χ3v) is 3.55. The lowest BCUT2D eigenvalue weighted by Gasteiger charge is -2.12. The standard InChI is InChI=1S/C14H19ClN2O/c15-12-7-5-11(6-8-12)9-10-16-14(18)17-13-3-1-2-4-13/h5-8,13H,1-4,9-10H2,(H2,16,17,18). The van der Waals surface area contributed by atoms with Crippen molar-refractivity contribution in [1.29, 1.82) is 0 Å². The third kappa shape index (κ3) is 4.22. The van der Waals surface area contributed by atoms with Crippen LogP contribution in [0.2, 0.25) is 5.02 Å². The van der Waals surface area contributed by atoms with Gasteiger partial charge < -0.3 is 10.6 Å². The van der Waals surface area contributed by atoms with Crippen molar-refractivity contribution in [1.82, 2.24) is 10.6 Å². The Morgan fingerprint density at radius 1 is 1.22 bits per heavy atom. The van der Waals surface area contributed by atoms with E-state index in [1.165, 1.54) is 18.4 Å². The second-order valence-electron chi connectivity index (χ2n) is 4.76. The molecule has 0 aliphatic heterocycles. The highest BCUT2D eigenvalue weighted by molar-refractivity contribution is 6.30. The molecule has 2 amide bonds. The normalized spacial score (nSPS) is 15.6. The number of carbonyl (C=O) groups excluding carboxylic acids is 1. The monoisotopic (exact) mass is 266 g/mol. The Hall–Kier alpha value is -1.22. The van der Waals surface area contributed by atoms with Gasteiger partial charge in [0.05, 0.1) is 0 Å². The molecule has 0 unspecified atom stereocenters. The molecule has 4 heteroatoms. The fourth-order valence-corrected chi connectivity index (χ4v) is 2.40. The van der Waals surface area contributed by atoms with E-state index >= 15 is 0 Å². The van der Waals surface area contributed by atoms with Gasteiger partial charge in [0.2, 0.25) is 0 Å². The van der Waals surface area contributed by atoms with E-state index < -0.39 is 0 Å². The number of halogens is 1. The number of urea groups is 1. The van der Waals surface area contributed by atoms with Crippen LogP contribution in [0.25, 0.3) is 0 Å². The fraction of sp³-hybridized carbons (Fsp3) is 0.500. The summed E-state index contributed by atoms with van der Waals surface area (Å²) in [5, 5.41) is 6.63. The highest BCUT2D eigenvalue weighted by atomic mass is 35.5. The molecule has 0 aromatic heterocycles. The number of hydrogen-bond donors (Lipinski definition) is 2. The van der Waals surface area contributed by atoms with Gasteiger partial charge in [-0.15, -0.1) is 0 Å². The van der Waals surface area contributed by atoms with Crippen LogP contribution in [0.5, 0.6) is 0 Å². The molecule has 2 N–H and O–H groups in total. The second-order valence-corrected chi connectivity index (χ2v) is 5.19. The molecule has 1 aromatic carbocycles. The molecule has 0 spiro atoms. The number of carbonyl (C=O) groups is 1. The lowest BCUT2D eigenvalue weighted by atomic mass is 10.1. The van der Waals surface area contributed by atoms with Gasteiger partial charge in [0.25, 0.3) is 0 Å². The van der Waals surface area contributed by atoms with Crippen LogP contribution in [0.3, 0.4) is 0 Å². The third-order valence-electron chi connectivity index (χ3n) is 3.30. The Kier molecular flexibility index (Phi) is 4.88. The summed E-state index contributed by atoms with van der Waals surface area (Å²) in [7, 11) is 0. The maximum absolute atomic E-state index is 11.6. The van der Waals surface area contributed by atoms with Crippen molar-refractivity contribution in [3.8, 4) is 0 Å². The van der Waals surface area contributed by atoms with E-state index in [1.54, 1.807) is 0 Å². The first-order valence-corrected chi connectivity index (χ1v) is 6.90. The molecule has 1 aliphatic carbocycles. The largest absolute Gasteiger partial charge is 0.338 e. The molecule has 1 aromatic rings. The van der Waals surface area contributed by atoms with E-state index in [-0.39, 0.29) is 6.03 Å². The van der Waals surface area contributed by atoms with Crippen molar-refractivity contribution in [2.75, 3.05) is 6.54 Å². The van der Waals surface area contributed by atoms with Crippen molar-refractivity contribution < 1.29 is 4.79 Å². The number of rotatable bonds is 4. The van der Waals surface area contributed by atoms with Gasteiger partial charge in [-0.1, -0.05) is 36.6 Å². The van der Waals surface area contributed by atoms with Crippen LogP contribution in [-0.4, -0.2) is 18.6 Å². The van der Waals surface area contributed by atoms with Crippen molar-refractivity contribution in [2.45, 2.75) is 38.1 Å². The molecule has 1 aliphatic rings. The Bertz CT molecular complexity index is 385. The minimum atomic E-state index is -0.0455. The van der Waals surface area contributed by atoms with Gasteiger partial charge in [-0.25, -0.2) is 4.79 Å². The Morgan fingerprint density at radius 2 is 1.89 bits per heavy atom. The molecule has 1 saturated carbocycles. The molecule has 18 heavy (non-hydrogen) atoms. The van der Waals surface area contributed by atoms with E-state index in [9.17, 15) is 4.79 Å². The van der Waals surface area contributed by atoms with E-state index in [0.29, 0.717) is 12.6 Å². The zero-order valence-electron chi connectivity index (χ0n) is 10.4. The average Bonchev–Trinajstić information content (AvgIpc) is 2.84. The van der Waals surface area contributed by atoms with E-state index in [4.69, 9.17) is 11.6 Å². The maximum Gasteiger partial charge on any atom is 0.315 e. The molecule has 0 radical (unpaired) electrons. The van der Waals surface area contributed by atoms with Gasteiger partial charge in [-0.3, -0.25) is 0 Å². The van der Waals surface area contributed by atoms with Crippen LogP contribution >= 0.6 is 11.6 Å². The summed E-state index contributed by atoms with van der Waals surface area (Å²) in [6.45, 7) is 0.653. The van der Waals surface area contributed by atoms with Crippen LogP contribution in [0.1, 0.15) is 31.2 Å². The highest BCUT2D eigenvalue weighted by Gasteiger charge is 2.16. The van der Waals surface area contributed by atoms with Crippen molar-refractivity contribution >= 4 is 17.6 Å². The summed E-state index contributed by atoms with van der Waals surface area (Å²) in [5.41, 5.74) is 1.18. The second kappa shape index (κ2) is 6.64. The predicted molar refractivity (Wildman–Crippen MR) is 73.9 cm³/mol. The summed E-state index contributed by atoms with van der Waals surface area (Å²) in [4.78, 5) is 11.6. The predicted octanol–water partition coefficient (Wildman–Crippen LogP) is 3.12. The Balaban J connectivity index is 1.65. The summed E-state index contributed by atoms with van der Waals surface area (Å²) in [6.07, 6.45) is 5.52. The quantitative estimate of drug-likeness (QED) is 0.864. The van der Waals surface area contributed by atoms with Crippen LogP contribution in [0.4, 0.5) is 4.79 Å². The van der Waals surface area contributed by atoms with Crippen molar-refractivity contribution in [2.24, 2.45) is 0 Å². The van der Waals surface area contributed by atoms with Gasteiger partial charge in [-0.05, 0) is 37.0 Å². The topological polar surface area (TPSA) is 41.1 Å². The average molecular weight is 267 g/mol. The van der Waals surface area contributed by atoms with Gasteiger partial charge in [-0.2, -0.15) is 0 Å². The van der Waals surface area contributed by atoms with E-state index in [2.05, 4.69) is 10.6 Å². The van der Waals surface area contributed by atoms with E-state index in [0.717, 1.165) is 24.3 Å². The fourth-order valence-electron chi connectivity index (χ4n) is 2.28. The zero-order valence-corrected chi connectivity index (χ0v) is 11.2. The molecule has 3 nitrogen and oxygen atoms in total. The number of benzene rings is 1. The first kappa shape index (κ1) is 13.2. The van der Waals surface area contributed by atoms with E-state index in [1.807, 2.05) is 24.3 Å². The molecule has 1 fully saturated rings. The molecular formula is C14H19ClN2O. The number of nitrogens with one attached hydrogen (secondary N) is 2. The molecule has 98 valence electrons. The van der Waals surface area contributed by atoms with Crippen molar-refractivity contribution in [3.05, 3.63) is 34.9 Å². The van der Waals surface area contributed by atoms with Crippen LogP contribution < -0.4 is 10.6 Å². The highest BCUT2D eigenvalue weighted by Crippen LogP contribution is 2.17. The number of amides is 2. The smallest absolute Gasteiger partial charge is 0.315 e. The van der Waals surface area contributed by atoms with Crippen LogP contribution in [0, 0.1) is 0 Å². The maximum atomic E-state index is 11.6. The molecule has 2 rings (SSSR count). The minimum absolute atomic E-state index is 0.0455. The lowest BCUT2D eigenvalue weighted by Crippen LogP contribution is -2.41. The molecule has 0 bridgehead atoms. The summed E-state index contributed by atoms with van der Waals surface area (Å²) in [6, 6.07) is 8.04. The van der Waals surface area contributed by atoms with Gasteiger partial charge in [0, 0.05) is 17.6 Å². The molecule has 0 heterocycles. The molecular weight excluding hydrogens is 248 g/mol. The molecule has 0 saturated heterocycles. The van der Waals surface area contributed by atoms with Crippen LogP contribution in [0.15, 0.2) is 24.3 Å². The SMILES string of the molecule is O=C(NCCc1ccc(Cl)cc1)NC1CCCC1.